The minimum atomic E-state index is -3.25. The summed E-state index contributed by atoms with van der Waals surface area (Å²) in [5.41, 5.74) is 1.88. The van der Waals surface area contributed by atoms with Crippen molar-refractivity contribution >= 4 is 32.7 Å². The number of imidazole rings is 1. The van der Waals surface area contributed by atoms with Gasteiger partial charge in [0.15, 0.2) is 15.5 Å². The van der Waals surface area contributed by atoms with Crippen LogP contribution in [-0.2, 0) is 16.4 Å². The highest BCUT2D eigenvalue weighted by Crippen LogP contribution is 2.13. The highest BCUT2D eigenvalue weighted by Gasteiger charge is 2.08. The van der Waals surface area contributed by atoms with Crippen molar-refractivity contribution in [1.29, 1.82) is 0 Å². The molecule has 0 fully saturated rings. The SMILES string of the molecule is CS(=O)(=O)c1ccc(NC(=O)NCc2nc3ncccc3[nH]2)cc1. The van der Waals surface area contributed by atoms with Gasteiger partial charge in [-0.1, -0.05) is 0 Å². The average Bonchev–Trinajstić information content (AvgIpc) is 2.95. The highest BCUT2D eigenvalue weighted by molar-refractivity contribution is 7.90. The van der Waals surface area contributed by atoms with Crippen molar-refractivity contribution in [1.82, 2.24) is 20.3 Å². The third kappa shape index (κ3) is 3.69. The number of rotatable bonds is 4. The van der Waals surface area contributed by atoms with Crippen molar-refractivity contribution in [2.24, 2.45) is 0 Å². The van der Waals surface area contributed by atoms with E-state index in [9.17, 15) is 13.2 Å². The minimum absolute atomic E-state index is 0.197. The summed E-state index contributed by atoms with van der Waals surface area (Å²) in [4.78, 5) is 23.5. The second-order valence-electron chi connectivity index (χ2n) is 5.16. The largest absolute Gasteiger partial charge is 0.339 e. The summed E-state index contributed by atoms with van der Waals surface area (Å²) in [6.45, 7) is 0.212. The maximum absolute atomic E-state index is 11.9. The number of aromatic amines is 1. The number of fused-ring (bicyclic) bond motifs is 1. The van der Waals surface area contributed by atoms with Crippen LogP contribution < -0.4 is 10.6 Å². The van der Waals surface area contributed by atoms with Gasteiger partial charge in [-0.25, -0.2) is 23.2 Å². The molecule has 0 atom stereocenters. The van der Waals surface area contributed by atoms with Crippen molar-refractivity contribution < 1.29 is 13.2 Å². The lowest BCUT2D eigenvalue weighted by atomic mass is 10.3. The van der Waals surface area contributed by atoms with Gasteiger partial charge >= 0.3 is 6.03 Å². The lowest BCUT2D eigenvalue weighted by molar-refractivity contribution is 0.251. The van der Waals surface area contributed by atoms with Gasteiger partial charge in [0.1, 0.15) is 5.82 Å². The molecule has 2 aromatic heterocycles. The number of nitrogens with one attached hydrogen (secondary N) is 3. The van der Waals surface area contributed by atoms with E-state index in [2.05, 4.69) is 25.6 Å². The third-order valence-corrected chi connectivity index (χ3v) is 4.39. The predicted molar refractivity (Wildman–Crippen MR) is 89.3 cm³/mol. The minimum Gasteiger partial charge on any atom is -0.339 e. The Labute approximate surface area is 138 Å². The third-order valence-electron chi connectivity index (χ3n) is 3.26. The molecule has 0 unspecified atom stereocenters. The molecule has 3 aromatic rings. The summed E-state index contributed by atoms with van der Waals surface area (Å²) in [5, 5.41) is 5.29. The van der Waals surface area contributed by atoms with Gasteiger partial charge in [-0.2, -0.15) is 0 Å². The Morgan fingerprint density at radius 2 is 1.96 bits per heavy atom. The van der Waals surface area contributed by atoms with Crippen LogP contribution in [0, 0.1) is 0 Å². The Morgan fingerprint density at radius 1 is 1.21 bits per heavy atom. The van der Waals surface area contributed by atoms with Crippen LogP contribution in [0.4, 0.5) is 10.5 Å². The normalized spacial score (nSPS) is 11.4. The number of hydrogen-bond donors (Lipinski definition) is 3. The molecule has 0 radical (unpaired) electrons. The van der Waals surface area contributed by atoms with Gasteiger partial charge in [-0.05, 0) is 36.4 Å². The molecular weight excluding hydrogens is 330 g/mol. The number of urea groups is 1. The number of sulfone groups is 1. The number of carbonyl (C=O) groups is 1. The first-order valence-corrected chi connectivity index (χ1v) is 8.95. The zero-order chi connectivity index (χ0) is 17.2. The van der Waals surface area contributed by atoms with Gasteiger partial charge in [0.2, 0.25) is 0 Å². The molecule has 1 aromatic carbocycles. The molecule has 9 heteroatoms. The van der Waals surface area contributed by atoms with E-state index in [0.29, 0.717) is 17.2 Å². The molecular formula is C15H15N5O3S. The van der Waals surface area contributed by atoms with Crippen molar-refractivity contribution in [3.8, 4) is 0 Å². The van der Waals surface area contributed by atoms with E-state index in [-0.39, 0.29) is 11.4 Å². The molecule has 124 valence electrons. The molecule has 2 amide bonds. The smallest absolute Gasteiger partial charge is 0.319 e. The lowest BCUT2D eigenvalue weighted by Crippen LogP contribution is -2.28. The van der Waals surface area contributed by atoms with Gasteiger partial charge in [0, 0.05) is 18.1 Å². The molecule has 3 N–H and O–H groups in total. The summed E-state index contributed by atoms with van der Waals surface area (Å²) in [6.07, 6.45) is 2.78. The van der Waals surface area contributed by atoms with Crippen molar-refractivity contribution in [2.45, 2.75) is 11.4 Å². The van der Waals surface area contributed by atoms with Crippen molar-refractivity contribution in [3.05, 3.63) is 48.4 Å². The zero-order valence-corrected chi connectivity index (χ0v) is 13.6. The Morgan fingerprint density at radius 3 is 2.62 bits per heavy atom. The first-order valence-electron chi connectivity index (χ1n) is 7.06. The number of nitrogens with zero attached hydrogens (tertiary/aromatic N) is 2. The van der Waals surface area contributed by atoms with Gasteiger partial charge < -0.3 is 15.6 Å². The zero-order valence-electron chi connectivity index (χ0n) is 12.8. The summed E-state index contributed by atoms with van der Waals surface area (Å²) in [5.74, 6) is 0.589. The Balaban J connectivity index is 1.59. The topological polar surface area (TPSA) is 117 Å². The van der Waals surface area contributed by atoms with E-state index in [0.717, 1.165) is 11.8 Å². The fraction of sp³-hybridized carbons (Fsp3) is 0.133. The first kappa shape index (κ1) is 15.9. The monoisotopic (exact) mass is 345 g/mol. The Kier molecular flexibility index (Phi) is 4.17. The second-order valence-corrected chi connectivity index (χ2v) is 7.18. The quantitative estimate of drug-likeness (QED) is 0.665. The average molecular weight is 345 g/mol. The predicted octanol–water partition coefficient (Wildman–Crippen LogP) is 1.68. The maximum atomic E-state index is 11.9. The van der Waals surface area contributed by atoms with Gasteiger partial charge in [-0.15, -0.1) is 0 Å². The van der Waals surface area contributed by atoms with Crippen LogP contribution in [0.1, 0.15) is 5.82 Å². The number of carbonyl (C=O) groups excluding carboxylic acids is 1. The molecule has 0 aliphatic rings. The van der Waals surface area contributed by atoms with Crippen LogP contribution in [0.2, 0.25) is 0 Å². The number of aromatic nitrogens is 3. The first-order chi connectivity index (χ1) is 11.4. The summed E-state index contributed by atoms with van der Waals surface area (Å²) in [7, 11) is -3.25. The fourth-order valence-corrected chi connectivity index (χ4v) is 2.73. The Bertz CT molecular complexity index is 947. The molecule has 0 spiro atoms. The van der Waals surface area contributed by atoms with E-state index >= 15 is 0 Å². The fourth-order valence-electron chi connectivity index (χ4n) is 2.10. The van der Waals surface area contributed by atoms with E-state index in [1.54, 1.807) is 12.3 Å². The van der Waals surface area contributed by atoms with Gasteiger partial charge in [-0.3, -0.25) is 0 Å². The number of benzene rings is 1. The maximum Gasteiger partial charge on any atom is 0.319 e. The molecule has 0 aliphatic carbocycles. The molecule has 8 nitrogen and oxygen atoms in total. The van der Waals surface area contributed by atoms with Crippen LogP contribution >= 0.6 is 0 Å². The molecule has 0 bridgehead atoms. The van der Waals surface area contributed by atoms with Crippen LogP contribution in [-0.4, -0.2) is 35.7 Å². The number of pyridine rings is 1. The molecule has 2 heterocycles. The van der Waals surface area contributed by atoms with E-state index in [1.165, 1.54) is 24.3 Å². The number of hydrogen-bond acceptors (Lipinski definition) is 5. The molecule has 0 saturated heterocycles. The van der Waals surface area contributed by atoms with E-state index < -0.39 is 15.9 Å². The second kappa shape index (κ2) is 6.28. The molecule has 3 rings (SSSR count). The van der Waals surface area contributed by atoms with Crippen LogP contribution in [0.15, 0.2) is 47.5 Å². The molecule has 24 heavy (non-hydrogen) atoms. The van der Waals surface area contributed by atoms with Gasteiger partial charge in [0.05, 0.1) is 17.0 Å². The lowest BCUT2D eigenvalue weighted by Gasteiger charge is -2.07. The number of H-pyrrole nitrogens is 1. The summed E-state index contributed by atoms with van der Waals surface area (Å²) >= 11 is 0. The summed E-state index contributed by atoms with van der Waals surface area (Å²) < 4.78 is 22.8. The number of amides is 2. The van der Waals surface area contributed by atoms with Gasteiger partial charge in [0.25, 0.3) is 0 Å². The standard InChI is InChI=1S/C15H15N5O3S/c1-24(22,23)11-6-4-10(5-7-11)18-15(21)17-9-13-19-12-3-2-8-16-14(12)20-13/h2-8H,9H2,1H3,(H,16,19,20)(H2,17,18,21). The molecule has 0 saturated carbocycles. The van der Waals surface area contributed by atoms with Crippen LogP contribution in [0.3, 0.4) is 0 Å². The summed E-state index contributed by atoms with van der Waals surface area (Å²) in [6, 6.07) is 9.16. The van der Waals surface area contributed by atoms with E-state index in [4.69, 9.17) is 0 Å². The highest BCUT2D eigenvalue weighted by atomic mass is 32.2. The van der Waals surface area contributed by atoms with Crippen molar-refractivity contribution in [2.75, 3.05) is 11.6 Å². The van der Waals surface area contributed by atoms with Crippen LogP contribution in [0.5, 0.6) is 0 Å². The van der Waals surface area contributed by atoms with Crippen LogP contribution in [0.25, 0.3) is 11.2 Å². The van der Waals surface area contributed by atoms with Crippen molar-refractivity contribution in [3.63, 3.8) is 0 Å². The molecule has 0 aliphatic heterocycles. The van der Waals surface area contributed by atoms with E-state index in [1.807, 2.05) is 6.07 Å². The Hall–Kier alpha value is -2.94. The number of anilines is 1.